The summed E-state index contributed by atoms with van der Waals surface area (Å²) in [5.74, 6) is -5.29. The van der Waals surface area contributed by atoms with Gasteiger partial charge in [-0.3, -0.25) is 9.59 Å². The Labute approximate surface area is 126 Å². The first-order chi connectivity index (χ1) is 10.4. The first-order valence-corrected chi connectivity index (χ1v) is 7.09. The number of piperidine rings is 1. The van der Waals surface area contributed by atoms with Crippen LogP contribution in [0.2, 0.25) is 0 Å². The van der Waals surface area contributed by atoms with E-state index in [1.54, 1.807) is 4.90 Å². The van der Waals surface area contributed by atoms with Crippen molar-refractivity contribution in [2.45, 2.75) is 19.8 Å². The first-order valence-electron chi connectivity index (χ1n) is 7.09. The molecule has 1 saturated heterocycles. The summed E-state index contributed by atoms with van der Waals surface area (Å²) in [4.78, 5) is 25.3. The molecule has 0 aliphatic carbocycles. The number of hydrogen-bond donors (Lipinski definition) is 1. The summed E-state index contributed by atoms with van der Waals surface area (Å²) in [6.07, 6.45) is 1.80. The maximum Gasteiger partial charge on any atom is 0.254 e. The number of benzene rings is 1. The number of nitrogens with one attached hydrogen (secondary N) is 1. The second-order valence-electron chi connectivity index (χ2n) is 5.47. The minimum absolute atomic E-state index is 0.275. The molecule has 7 heteroatoms. The van der Waals surface area contributed by atoms with Crippen molar-refractivity contribution in [1.29, 1.82) is 0 Å². The zero-order valence-corrected chi connectivity index (χ0v) is 12.2. The Balaban J connectivity index is 1.93. The minimum atomic E-state index is -1.70. The van der Waals surface area contributed by atoms with Crippen LogP contribution in [0.4, 0.5) is 13.2 Å². The van der Waals surface area contributed by atoms with Gasteiger partial charge in [0, 0.05) is 13.1 Å². The molecule has 120 valence electrons. The fourth-order valence-electron chi connectivity index (χ4n) is 2.32. The average molecular weight is 314 g/mol. The van der Waals surface area contributed by atoms with Crippen LogP contribution in [0, 0.1) is 23.4 Å². The third-order valence-corrected chi connectivity index (χ3v) is 3.82. The van der Waals surface area contributed by atoms with E-state index in [4.69, 9.17) is 0 Å². The van der Waals surface area contributed by atoms with E-state index in [0.29, 0.717) is 25.1 Å². The molecule has 0 aromatic heterocycles. The molecular weight excluding hydrogens is 297 g/mol. The summed E-state index contributed by atoms with van der Waals surface area (Å²) in [7, 11) is 0. The maximum absolute atomic E-state index is 13.5. The molecule has 1 N–H and O–H groups in total. The second kappa shape index (κ2) is 6.81. The molecule has 0 atom stereocenters. The van der Waals surface area contributed by atoms with E-state index >= 15 is 0 Å². The van der Waals surface area contributed by atoms with Crippen molar-refractivity contribution in [3.05, 3.63) is 35.1 Å². The van der Waals surface area contributed by atoms with Crippen LogP contribution in [0.3, 0.4) is 0 Å². The summed E-state index contributed by atoms with van der Waals surface area (Å²) < 4.78 is 39.3. The minimum Gasteiger partial charge on any atom is -0.343 e. The lowest BCUT2D eigenvalue weighted by Gasteiger charge is -2.30. The van der Waals surface area contributed by atoms with Crippen molar-refractivity contribution < 1.29 is 22.8 Å². The van der Waals surface area contributed by atoms with Crippen molar-refractivity contribution in [3.63, 3.8) is 0 Å². The normalized spacial score (nSPS) is 15.7. The zero-order valence-electron chi connectivity index (χ0n) is 12.2. The second-order valence-corrected chi connectivity index (χ2v) is 5.47. The van der Waals surface area contributed by atoms with Gasteiger partial charge in [-0.1, -0.05) is 6.92 Å². The number of rotatable bonds is 3. The number of likely N-dealkylation sites (tertiary alicyclic amines) is 1. The molecule has 1 fully saturated rings. The van der Waals surface area contributed by atoms with Gasteiger partial charge in [0.25, 0.3) is 5.91 Å². The average Bonchev–Trinajstić information content (AvgIpc) is 2.51. The maximum atomic E-state index is 13.5. The molecule has 0 bridgehead atoms. The number of amides is 2. The highest BCUT2D eigenvalue weighted by Gasteiger charge is 2.22. The van der Waals surface area contributed by atoms with Gasteiger partial charge < -0.3 is 10.2 Å². The fourth-order valence-corrected chi connectivity index (χ4v) is 2.32. The molecule has 1 aromatic carbocycles. The van der Waals surface area contributed by atoms with Crippen molar-refractivity contribution in [2.24, 2.45) is 5.92 Å². The van der Waals surface area contributed by atoms with E-state index in [-0.39, 0.29) is 12.5 Å². The Morgan fingerprint density at radius 2 is 1.82 bits per heavy atom. The van der Waals surface area contributed by atoms with Crippen molar-refractivity contribution >= 4 is 11.8 Å². The number of carbonyl (C=O) groups excluding carboxylic acids is 2. The standard InChI is InChI=1S/C15H17F3N2O2/c1-9-4-6-20(7-5-9)12(21)8-19-15(22)10-2-3-11(16)14(18)13(10)17/h2-3,9H,4-8H2,1H3,(H,19,22). The number of hydrogen-bond acceptors (Lipinski definition) is 2. The van der Waals surface area contributed by atoms with Crippen LogP contribution in [-0.2, 0) is 4.79 Å². The van der Waals surface area contributed by atoms with Crippen molar-refractivity contribution in [2.75, 3.05) is 19.6 Å². The number of halogens is 3. The van der Waals surface area contributed by atoms with Gasteiger partial charge in [0.1, 0.15) is 0 Å². The molecule has 2 rings (SSSR count). The Morgan fingerprint density at radius 3 is 2.45 bits per heavy atom. The third-order valence-electron chi connectivity index (χ3n) is 3.82. The highest BCUT2D eigenvalue weighted by molar-refractivity contribution is 5.96. The van der Waals surface area contributed by atoms with Gasteiger partial charge in [0.05, 0.1) is 12.1 Å². The lowest BCUT2D eigenvalue weighted by molar-refractivity contribution is -0.131. The van der Waals surface area contributed by atoms with E-state index in [9.17, 15) is 22.8 Å². The van der Waals surface area contributed by atoms with Crippen LogP contribution in [0.5, 0.6) is 0 Å². The predicted octanol–water partition coefficient (Wildman–Crippen LogP) is 2.09. The smallest absolute Gasteiger partial charge is 0.254 e. The van der Waals surface area contributed by atoms with Crippen LogP contribution in [0.15, 0.2) is 12.1 Å². The highest BCUT2D eigenvalue weighted by atomic mass is 19.2. The fraction of sp³-hybridized carbons (Fsp3) is 0.467. The van der Waals surface area contributed by atoms with Gasteiger partial charge >= 0.3 is 0 Å². The molecule has 22 heavy (non-hydrogen) atoms. The summed E-state index contributed by atoms with van der Waals surface area (Å²) in [5, 5.41) is 2.24. The molecule has 0 unspecified atom stereocenters. The van der Waals surface area contributed by atoms with Crippen LogP contribution < -0.4 is 5.32 Å². The molecule has 1 aliphatic rings. The highest BCUT2D eigenvalue weighted by Crippen LogP contribution is 2.16. The van der Waals surface area contributed by atoms with E-state index < -0.39 is 28.9 Å². The summed E-state index contributed by atoms with van der Waals surface area (Å²) in [6, 6.07) is 1.51. The molecule has 1 aromatic rings. The Kier molecular flexibility index (Phi) is 5.05. The quantitative estimate of drug-likeness (QED) is 0.869. The van der Waals surface area contributed by atoms with Crippen LogP contribution in [0.25, 0.3) is 0 Å². The Hall–Kier alpha value is -2.05. The van der Waals surface area contributed by atoms with E-state index in [1.807, 2.05) is 0 Å². The largest absolute Gasteiger partial charge is 0.343 e. The number of nitrogens with zero attached hydrogens (tertiary/aromatic N) is 1. The SMILES string of the molecule is CC1CCN(C(=O)CNC(=O)c2ccc(F)c(F)c2F)CC1. The van der Waals surface area contributed by atoms with Gasteiger partial charge in [0.2, 0.25) is 5.91 Å². The van der Waals surface area contributed by atoms with Gasteiger partial charge in [0.15, 0.2) is 17.5 Å². The third kappa shape index (κ3) is 3.58. The van der Waals surface area contributed by atoms with Crippen LogP contribution >= 0.6 is 0 Å². The topological polar surface area (TPSA) is 49.4 Å². The van der Waals surface area contributed by atoms with Crippen molar-refractivity contribution in [3.8, 4) is 0 Å². The summed E-state index contributed by atoms with van der Waals surface area (Å²) in [5.41, 5.74) is -0.626. The van der Waals surface area contributed by atoms with Crippen molar-refractivity contribution in [1.82, 2.24) is 10.2 Å². The number of carbonyl (C=O) groups is 2. The van der Waals surface area contributed by atoms with Gasteiger partial charge in [-0.25, -0.2) is 13.2 Å². The van der Waals surface area contributed by atoms with E-state index in [0.717, 1.165) is 18.9 Å². The predicted molar refractivity (Wildman–Crippen MR) is 73.6 cm³/mol. The summed E-state index contributed by atoms with van der Waals surface area (Å²) in [6.45, 7) is 3.05. The zero-order chi connectivity index (χ0) is 16.3. The molecule has 1 aliphatic heterocycles. The van der Waals surface area contributed by atoms with Gasteiger partial charge in [-0.15, -0.1) is 0 Å². The molecule has 0 saturated carbocycles. The molecule has 1 heterocycles. The lowest BCUT2D eigenvalue weighted by Crippen LogP contribution is -2.43. The van der Waals surface area contributed by atoms with Gasteiger partial charge in [-0.05, 0) is 30.9 Å². The molecule has 0 radical (unpaired) electrons. The first kappa shape index (κ1) is 16.3. The monoisotopic (exact) mass is 314 g/mol. The van der Waals surface area contributed by atoms with Crippen LogP contribution in [-0.4, -0.2) is 36.3 Å². The van der Waals surface area contributed by atoms with Gasteiger partial charge in [-0.2, -0.15) is 0 Å². The van der Waals surface area contributed by atoms with Crippen LogP contribution in [0.1, 0.15) is 30.1 Å². The molecule has 2 amide bonds. The molecular formula is C15H17F3N2O2. The van der Waals surface area contributed by atoms with E-state index in [2.05, 4.69) is 12.2 Å². The van der Waals surface area contributed by atoms with E-state index in [1.165, 1.54) is 0 Å². The Morgan fingerprint density at radius 1 is 1.18 bits per heavy atom. The Bertz CT molecular complexity index is 584. The molecule has 0 spiro atoms. The summed E-state index contributed by atoms with van der Waals surface area (Å²) >= 11 is 0. The molecule has 4 nitrogen and oxygen atoms in total. The lowest BCUT2D eigenvalue weighted by atomic mass is 9.99.